The summed E-state index contributed by atoms with van der Waals surface area (Å²) < 4.78 is 1.73. The summed E-state index contributed by atoms with van der Waals surface area (Å²) in [5.74, 6) is 0.485. The third kappa shape index (κ3) is 3.49. The second-order valence-corrected chi connectivity index (χ2v) is 5.11. The van der Waals surface area contributed by atoms with Crippen LogP contribution in [-0.4, -0.2) is 15.8 Å². The Labute approximate surface area is 133 Å². The fourth-order valence-electron chi connectivity index (χ4n) is 2.25. The largest absolute Gasteiger partial charge is 0.399 e. The van der Waals surface area contributed by atoms with Gasteiger partial charge in [-0.05, 0) is 29.8 Å². The molecule has 0 saturated heterocycles. The Hall–Kier alpha value is -3.28. The Morgan fingerprint density at radius 3 is 2.43 bits per heavy atom. The molecule has 0 aliphatic carbocycles. The predicted molar refractivity (Wildman–Crippen MR) is 92.1 cm³/mol. The third-order valence-corrected chi connectivity index (χ3v) is 3.36. The molecule has 116 valence electrons. The summed E-state index contributed by atoms with van der Waals surface area (Å²) >= 11 is 0. The molecule has 6 heteroatoms. The molecule has 3 aromatic rings. The number of benzene rings is 2. The quantitative estimate of drug-likeness (QED) is 0.649. The number of nitrogens with one attached hydrogen (secondary N) is 2. The maximum absolute atomic E-state index is 12.0. The first-order valence-corrected chi connectivity index (χ1v) is 7.15. The smallest absolute Gasteiger partial charge is 0.324 e. The van der Waals surface area contributed by atoms with Gasteiger partial charge in [0.1, 0.15) is 0 Å². The molecule has 4 N–H and O–H groups in total. The summed E-state index contributed by atoms with van der Waals surface area (Å²) in [6, 6.07) is 18.3. The maximum Gasteiger partial charge on any atom is 0.324 e. The first kappa shape index (κ1) is 14.6. The van der Waals surface area contributed by atoms with Gasteiger partial charge in [-0.2, -0.15) is 5.10 Å². The summed E-state index contributed by atoms with van der Waals surface area (Å²) in [7, 11) is 1.84. The fourth-order valence-corrected chi connectivity index (χ4v) is 2.25. The van der Waals surface area contributed by atoms with Crippen LogP contribution in [0.15, 0.2) is 60.7 Å². The third-order valence-electron chi connectivity index (χ3n) is 3.36. The second-order valence-electron chi connectivity index (χ2n) is 5.11. The van der Waals surface area contributed by atoms with Gasteiger partial charge in [-0.15, -0.1) is 0 Å². The van der Waals surface area contributed by atoms with Crippen molar-refractivity contribution in [2.24, 2.45) is 7.05 Å². The number of rotatable bonds is 3. The van der Waals surface area contributed by atoms with E-state index in [1.165, 1.54) is 0 Å². The Morgan fingerprint density at radius 2 is 1.74 bits per heavy atom. The lowest BCUT2D eigenvalue weighted by molar-refractivity contribution is 0.262. The van der Waals surface area contributed by atoms with E-state index >= 15 is 0 Å². The molecule has 1 aromatic heterocycles. The van der Waals surface area contributed by atoms with E-state index in [0.29, 0.717) is 17.2 Å². The fraction of sp³-hybridized carbons (Fsp3) is 0.0588. The molecule has 6 nitrogen and oxygen atoms in total. The van der Waals surface area contributed by atoms with Gasteiger partial charge in [-0.3, -0.25) is 10.00 Å². The zero-order valence-electron chi connectivity index (χ0n) is 12.7. The van der Waals surface area contributed by atoms with Crippen LogP contribution >= 0.6 is 0 Å². The summed E-state index contributed by atoms with van der Waals surface area (Å²) in [5.41, 5.74) is 8.88. The SMILES string of the molecule is Cn1nc(NC(=O)Nc2ccc(N)cc2)cc1-c1ccccc1. The van der Waals surface area contributed by atoms with Crippen molar-refractivity contribution >= 4 is 23.2 Å². The van der Waals surface area contributed by atoms with Crippen LogP contribution in [0.4, 0.5) is 22.0 Å². The van der Waals surface area contributed by atoms with Gasteiger partial charge in [0.2, 0.25) is 0 Å². The first-order valence-electron chi connectivity index (χ1n) is 7.15. The van der Waals surface area contributed by atoms with Gasteiger partial charge in [0.15, 0.2) is 5.82 Å². The van der Waals surface area contributed by atoms with E-state index in [2.05, 4.69) is 15.7 Å². The number of nitrogens with zero attached hydrogens (tertiary/aromatic N) is 2. The lowest BCUT2D eigenvalue weighted by Crippen LogP contribution is -2.19. The number of aryl methyl sites for hydroxylation is 1. The van der Waals surface area contributed by atoms with E-state index in [4.69, 9.17) is 5.73 Å². The number of nitrogen functional groups attached to an aromatic ring is 1. The Bertz CT molecular complexity index is 809. The van der Waals surface area contributed by atoms with Gasteiger partial charge in [0, 0.05) is 24.5 Å². The Kier molecular flexibility index (Phi) is 3.97. The second kappa shape index (κ2) is 6.23. The molecule has 0 atom stereocenters. The Morgan fingerprint density at radius 1 is 1.04 bits per heavy atom. The topological polar surface area (TPSA) is 85.0 Å². The summed E-state index contributed by atoms with van der Waals surface area (Å²) in [6.45, 7) is 0. The molecule has 0 aliphatic heterocycles. The monoisotopic (exact) mass is 307 g/mol. The average Bonchev–Trinajstić information content (AvgIpc) is 2.91. The van der Waals surface area contributed by atoms with Crippen molar-refractivity contribution in [1.82, 2.24) is 9.78 Å². The molecule has 0 aliphatic rings. The van der Waals surface area contributed by atoms with Gasteiger partial charge < -0.3 is 11.1 Å². The van der Waals surface area contributed by atoms with E-state index in [1.807, 2.05) is 43.4 Å². The van der Waals surface area contributed by atoms with Crippen LogP contribution < -0.4 is 16.4 Å². The molecule has 0 spiro atoms. The lowest BCUT2D eigenvalue weighted by atomic mass is 10.1. The predicted octanol–water partition coefficient (Wildman–Crippen LogP) is 3.31. The van der Waals surface area contributed by atoms with Crippen molar-refractivity contribution in [1.29, 1.82) is 0 Å². The lowest BCUT2D eigenvalue weighted by Gasteiger charge is -2.05. The number of hydrogen-bond donors (Lipinski definition) is 3. The van der Waals surface area contributed by atoms with Crippen molar-refractivity contribution in [2.45, 2.75) is 0 Å². The van der Waals surface area contributed by atoms with Gasteiger partial charge in [0.25, 0.3) is 0 Å². The van der Waals surface area contributed by atoms with E-state index in [1.54, 1.807) is 28.9 Å². The highest BCUT2D eigenvalue weighted by Crippen LogP contribution is 2.21. The summed E-state index contributed by atoms with van der Waals surface area (Å²) in [6.07, 6.45) is 0. The molecule has 2 amide bonds. The molecule has 0 saturated carbocycles. The highest BCUT2D eigenvalue weighted by Gasteiger charge is 2.10. The zero-order chi connectivity index (χ0) is 16.2. The molecule has 23 heavy (non-hydrogen) atoms. The van der Waals surface area contributed by atoms with E-state index < -0.39 is 0 Å². The van der Waals surface area contributed by atoms with Crippen LogP contribution in [0, 0.1) is 0 Å². The number of hydrogen-bond acceptors (Lipinski definition) is 3. The normalized spacial score (nSPS) is 10.3. The summed E-state index contributed by atoms with van der Waals surface area (Å²) in [4.78, 5) is 12.0. The van der Waals surface area contributed by atoms with E-state index in [9.17, 15) is 4.79 Å². The van der Waals surface area contributed by atoms with Crippen LogP contribution in [0.5, 0.6) is 0 Å². The van der Waals surface area contributed by atoms with Crippen LogP contribution in [0.3, 0.4) is 0 Å². The number of amides is 2. The molecule has 1 heterocycles. The van der Waals surface area contributed by atoms with Crippen molar-refractivity contribution < 1.29 is 4.79 Å². The molecule has 0 bridgehead atoms. The first-order chi connectivity index (χ1) is 11.1. The van der Waals surface area contributed by atoms with Gasteiger partial charge in [-0.25, -0.2) is 4.79 Å². The van der Waals surface area contributed by atoms with E-state index in [0.717, 1.165) is 11.3 Å². The van der Waals surface area contributed by atoms with Crippen molar-refractivity contribution in [3.63, 3.8) is 0 Å². The zero-order valence-corrected chi connectivity index (χ0v) is 12.7. The minimum absolute atomic E-state index is 0.354. The van der Waals surface area contributed by atoms with Crippen LogP contribution in [0.1, 0.15) is 0 Å². The van der Waals surface area contributed by atoms with Crippen molar-refractivity contribution in [2.75, 3.05) is 16.4 Å². The van der Waals surface area contributed by atoms with Gasteiger partial charge in [-0.1, -0.05) is 30.3 Å². The van der Waals surface area contributed by atoms with Crippen molar-refractivity contribution in [3.05, 3.63) is 60.7 Å². The molecular formula is C17H17N5O. The highest BCUT2D eigenvalue weighted by molar-refractivity contribution is 5.99. The van der Waals surface area contributed by atoms with E-state index in [-0.39, 0.29) is 6.03 Å². The van der Waals surface area contributed by atoms with Crippen molar-refractivity contribution in [3.8, 4) is 11.3 Å². The highest BCUT2D eigenvalue weighted by atomic mass is 16.2. The number of nitrogens with two attached hydrogens (primary N) is 1. The number of carbonyl (C=O) groups excluding carboxylic acids is 1. The van der Waals surface area contributed by atoms with Gasteiger partial charge in [0.05, 0.1) is 5.69 Å². The molecule has 0 radical (unpaired) electrons. The number of aromatic nitrogens is 2. The van der Waals surface area contributed by atoms with Crippen LogP contribution in [0.25, 0.3) is 11.3 Å². The number of carbonyl (C=O) groups is 1. The number of anilines is 3. The Balaban J connectivity index is 1.71. The maximum atomic E-state index is 12.0. The summed E-state index contributed by atoms with van der Waals surface area (Å²) in [5, 5.41) is 9.76. The number of urea groups is 1. The average molecular weight is 307 g/mol. The standard InChI is InChI=1S/C17H17N5O/c1-22-15(12-5-3-2-4-6-12)11-16(21-22)20-17(23)19-14-9-7-13(18)8-10-14/h2-11H,18H2,1H3,(H2,19,20,21,23). The molecular weight excluding hydrogens is 290 g/mol. The molecule has 0 unspecified atom stereocenters. The van der Waals surface area contributed by atoms with Crippen LogP contribution in [0.2, 0.25) is 0 Å². The minimum atomic E-state index is -0.354. The molecule has 3 rings (SSSR count). The van der Waals surface area contributed by atoms with Crippen LogP contribution in [-0.2, 0) is 7.05 Å². The molecule has 2 aromatic carbocycles. The minimum Gasteiger partial charge on any atom is -0.399 e. The molecule has 0 fully saturated rings. The van der Waals surface area contributed by atoms with Gasteiger partial charge >= 0.3 is 6.03 Å².